The maximum absolute atomic E-state index is 15.1. The van der Waals surface area contributed by atoms with Gasteiger partial charge in [-0.15, -0.1) is 0 Å². The maximum atomic E-state index is 15.1. The Balaban J connectivity index is 2.83. The number of rotatable bonds is 4. The van der Waals surface area contributed by atoms with Crippen molar-refractivity contribution in [2.45, 2.75) is 19.8 Å². The number of allylic oxidation sites excluding steroid dienone is 2. The van der Waals surface area contributed by atoms with Gasteiger partial charge in [-0.05, 0) is 19.9 Å². The van der Waals surface area contributed by atoms with Crippen molar-refractivity contribution in [1.82, 2.24) is 0 Å². The van der Waals surface area contributed by atoms with E-state index in [0.29, 0.717) is 0 Å². The van der Waals surface area contributed by atoms with Gasteiger partial charge in [0.1, 0.15) is 17.4 Å². The van der Waals surface area contributed by atoms with Crippen LogP contribution in [-0.4, -0.2) is 19.7 Å². The zero-order chi connectivity index (χ0) is 19.6. The number of ether oxygens (including phenoxy) is 3. The molecular weight excluding hydrogens is 386 g/mol. The number of carbonyl (C=O) groups is 1. The number of esters is 1. The van der Waals surface area contributed by atoms with E-state index < -0.39 is 17.7 Å². The summed E-state index contributed by atoms with van der Waals surface area (Å²) in [6.45, 7) is 3.14. The summed E-state index contributed by atoms with van der Waals surface area (Å²) in [4.78, 5) is 12.4. The van der Waals surface area contributed by atoms with E-state index in [-0.39, 0.29) is 50.8 Å². The minimum Gasteiger partial charge on any atom is -0.492 e. The third kappa shape index (κ3) is 3.30. The van der Waals surface area contributed by atoms with Crippen LogP contribution in [0.1, 0.15) is 25.3 Å². The molecule has 0 amide bonds. The molecule has 1 atom stereocenters. The Morgan fingerprint density at radius 3 is 2.65 bits per heavy atom. The van der Waals surface area contributed by atoms with E-state index in [1.165, 1.54) is 20.1 Å². The second kappa shape index (κ2) is 7.85. The van der Waals surface area contributed by atoms with Crippen LogP contribution in [-0.2, 0) is 14.3 Å². The normalized spacial score (nSPS) is 16.9. The Kier molecular flexibility index (Phi) is 6.01. The van der Waals surface area contributed by atoms with E-state index in [4.69, 9.17) is 43.1 Å². The number of nitrogens with zero attached hydrogens (tertiary/aromatic N) is 1. The second-order valence-electron chi connectivity index (χ2n) is 5.22. The van der Waals surface area contributed by atoms with Crippen LogP contribution in [0.25, 0.3) is 0 Å². The van der Waals surface area contributed by atoms with E-state index in [2.05, 4.69) is 0 Å². The smallest absolute Gasteiger partial charge is 0.338 e. The van der Waals surface area contributed by atoms with Crippen molar-refractivity contribution in [1.29, 1.82) is 5.26 Å². The molecular formula is C17H15Cl2FN2O4. The lowest BCUT2D eigenvalue weighted by Gasteiger charge is -2.28. The summed E-state index contributed by atoms with van der Waals surface area (Å²) in [6.07, 6.45) is 0. The fourth-order valence-electron chi connectivity index (χ4n) is 2.68. The molecule has 0 fully saturated rings. The molecule has 26 heavy (non-hydrogen) atoms. The molecule has 2 rings (SSSR count). The van der Waals surface area contributed by atoms with E-state index in [0.717, 1.165) is 0 Å². The summed E-state index contributed by atoms with van der Waals surface area (Å²) in [6, 6.07) is 3.11. The molecule has 138 valence electrons. The highest BCUT2D eigenvalue weighted by molar-refractivity contribution is 6.36. The number of hydrogen-bond donors (Lipinski definition) is 1. The minimum absolute atomic E-state index is 0.0559. The standard InChI is InChI=1S/C17H15Cl2FN2O4/c1-4-25-17(23)11-7(2)26-16(22)8(6-21)12(11)13-9(18)5-10(19)15(24-3)14(13)20/h5,12H,4,22H2,1-3H3. The van der Waals surface area contributed by atoms with Crippen molar-refractivity contribution >= 4 is 29.2 Å². The Morgan fingerprint density at radius 2 is 2.12 bits per heavy atom. The molecule has 0 bridgehead atoms. The van der Waals surface area contributed by atoms with Gasteiger partial charge in [-0.2, -0.15) is 5.26 Å². The number of nitriles is 1. The molecule has 0 aromatic heterocycles. The van der Waals surface area contributed by atoms with Gasteiger partial charge in [0, 0.05) is 10.6 Å². The lowest BCUT2D eigenvalue weighted by atomic mass is 9.82. The maximum Gasteiger partial charge on any atom is 0.338 e. The first-order valence-electron chi connectivity index (χ1n) is 7.45. The lowest BCUT2D eigenvalue weighted by molar-refractivity contribution is -0.139. The molecule has 1 heterocycles. The summed E-state index contributed by atoms with van der Waals surface area (Å²) >= 11 is 12.1. The van der Waals surface area contributed by atoms with Crippen molar-refractivity contribution < 1.29 is 23.4 Å². The molecule has 0 saturated heterocycles. The van der Waals surface area contributed by atoms with E-state index in [1.807, 2.05) is 6.07 Å². The van der Waals surface area contributed by atoms with Crippen LogP contribution in [0.2, 0.25) is 10.0 Å². The highest BCUT2D eigenvalue weighted by Gasteiger charge is 2.40. The molecule has 2 N–H and O–H groups in total. The molecule has 0 aliphatic carbocycles. The number of halogens is 3. The fourth-order valence-corrected chi connectivity index (χ4v) is 3.31. The molecule has 9 heteroatoms. The Labute approximate surface area is 159 Å². The third-order valence-electron chi connectivity index (χ3n) is 3.76. The SMILES string of the molecule is CCOC(=O)C1=C(C)OC(N)=C(C#N)C1c1c(Cl)cc(Cl)c(OC)c1F. The average molecular weight is 401 g/mol. The van der Waals surface area contributed by atoms with E-state index >= 15 is 4.39 Å². The van der Waals surface area contributed by atoms with Crippen molar-refractivity contribution in [3.05, 3.63) is 50.3 Å². The Morgan fingerprint density at radius 1 is 1.46 bits per heavy atom. The molecule has 0 radical (unpaired) electrons. The minimum atomic E-state index is -1.23. The zero-order valence-corrected chi connectivity index (χ0v) is 15.7. The third-order valence-corrected chi connectivity index (χ3v) is 4.35. The van der Waals surface area contributed by atoms with Gasteiger partial charge in [-0.25, -0.2) is 9.18 Å². The van der Waals surface area contributed by atoms with Crippen LogP contribution in [0.4, 0.5) is 4.39 Å². The molecule has 1 aliphatic heterocycles. The van der Waals surface area contributed by atoms with Gasteiger partial charge in [0.25, 0.3) is 0 Å². The number of hydrogen-bond acceptors (Lipinski definition) is 6. The van der Waals surface area contributed by atoms with Crippen molar-refractivity contribution in [3.8, 4) is 11.8 Å². The number of benzene rings is 1. The first-order chi connectivity index (χ1) is 12.3. The number of nitrogens with two attached hydrogens (primary N) is 1. The van der Waals surface area contributed by atoms with Gasteiger partial charge in [0.2, 0.25) is 5.88 Å². The van der Waals surface area contributed by atoms with Gasteiger partial charge in [-0.3, -0.25) is 0 Å². The molecule has 1 aliphatic rings. The lowest BCUT2D eigenvalue weighted by Crippen LogP contribution is -2.26. The van der Waals surface area contributed by atoms with Gasteiger partial charge in [-0.1, -0.05) is 23.2 Å². The predicted molar refractivity (Wildman–Crippen MR) is 93.0 cm³/mol. The molecule has 6 nitrogen and oxygen atoms in total. The molecule has 0 saturated carbocycles. The van der Waals surface area contributed by atoms with E-state index in [1.54, 1.807) is 6.92 Å². The van der Waals surface area contributed by atoms with Crippen molar-refractivity contribution in [2.75, 3.05) is 13.7 Å². The summed E-state index contributed by atoms with van der Waals surface area (Å²) < 4.78 is 30.3. The monoisotopic (exact) mass is 400 g/mol. The first-order valence-corrected chi connectivity index (χ1v) is 8.20. The van der Waals surface area contributed by atoms with Crippen LogP contribution in [0, 0.1) is 17.1 Å². The summed E-state index contributed by atoms with van der Waals surface area (Å²) in [5, 5.41) is 9.35. The summed E-state index contributed by atoms with van der Waals surface area (Å²) in [5.41, 5.74) is 5.33. The van der Waals surface area contributed by atoms with Crippen LogP contribution in [0.15, 0.2) is 28.9 Å². The van der Waals surface area contributed by atoms with Crippen LogP contribution in [0.5, 0.6) is 5.75 Å². The molecule has 1 aromatic rings. The Bertz CT molecular complexity index is 874. The van der Waals surface area contributed by atoms with Gasteiger partial charge < -0.3 is 19.9 Å². The van der Waals surface area contributed by atoms with Crippen LogP contribution in [0.3, 0.4) is 0 Å². The number of carbonyl (C=O) groups excluding carboxylic acids is 1. The first kappa shape index (κ1) is 19.9. The van der Waals surface area contributed by atoms with Crippen molar-refractivity contribution in [2.24, 2.45) is 5.73 Å². The highest BCUT2D eigenvalue weighted by atomic mass is 35.5. The highest BCUT2D eigenvalue weighted by Crippen LogP contribution is 2.46. The topological polar surface area (TPSA) is 94.6 Å². The summed E-state index contributed by atoms with van der Waals surface area (Å²) in [5.74, 6) is -3.37. The van der Waals surface area contributed by atoms with Gasteiger partial charge >= 0.3 is 5.97 Å². The summed E-state index contributed by atoms with van der Waals surface area (Å²) in [7, 11) is 1.23. The molecule has 1 unspecified atom stereocenters. The second-order valence-corrected chi connectivity index (χ2v) is 6.03. The van der Waals surface area contributed by atoms with Crippen molar-refractivity contribution in [3.63, 3.8) is 0 Å². The largest absolute Gasteiger partial charge is 0.492 e. The van der Waals surface area contributed by atoms with Crippen LogP contribution >= 0.6 is 23.2 Å². The fraction of sp³-hybridized carbons (Fsp3) is 0.294. The quantitative estimate of drug-likeness (QED) is 0.772. The van der Waals surface area contributed by atoms with E-state index in [9.17, 15) is 10.1 Å². The molecule has 1 aromatic carbocycles. The number of methoxy groups -OCH3 is 1. The van der Waals surface area contributed by atoms with Gasteiger partial charge in [0.05, 0.1) is 30.2 Å². The van der Waals surface area contributed by atoms with Gasteiger partial charge in [0.15, 0.2) is 11.6 Å². The predicted octanol–water partition coefficient (Wildman–Crippen LogP) is 3.79. The average Bonchev–Trinajstić information content (AvgIpc) is 2.54. The molecule has 0 spiro atoms. The van der Waals surface area contributed by atoms with Crippen LogP contribution < -0.4 is 10.5 Å². The Hall–Kier alpha value is -2.43. The zero-order valence-electron chi connectivity index (χ0n) is 14.2.